The molecule has 6 heteroatoms. The Kier molecular flexibility index (Phi) is 6.01. The number of ether oxygens (including phenoxy) is 1. The topological polar surface area (TPSA) is 85.4 Å². The fourth-order valence-corrected chi connectivity index (χ4v) is 2.40. The van der Waals surface area contributed by atoms with Gasteiger partial charge in [-0.2, -0.15) is 0 Å². The van der Waals surface area contributed by atoms with Crippen LogP contribution in [-0.4, -0.2) is 35.8 Å². The van der Waals surface area contributed by atoms with Gasteiger partial charge in [0.15, 0.2) is 0 Å². The Balaban J connectivity index is 2.19. The molecule has 0 fully saturated rings. The second-order valence-corrected chi connectivity index (χ2v) is 5.36. The minimum absolute atomic E-state index is 0.0324. The summed E-state index contributed by atoms with van der Waals surface area (Å²) in [6, 6.07) is 8.05. The van der Waals surface area contributed by atoms with Crippen molar-refractivity contribution in [3.05, 3.63) is 42.1 Å². The second kappa shape index (κ2) is 8.19. The van der Waals surface area contributed by atoms with Gasteiger partial charge in [-0.3, -0.25) is 14.6 Å². The number of amides is 1. The summed E-state index contributed by atoms with van der Waals surface area (Å²) in [7, 11) is 1.25. The number of methoxy groups -OCH3 is 1. The van der Waals surface area contributed by atoms with Crippen LogP contribution in [-0.2, 0) is 14.3 Å². The van der Waals surface area contributed by atoms with Crippen LogP contribution >= 0.6 is 0 Å². The summed E-state index contributed by atoms with van der Waals surface area (Å²) in [6.45, 7) is 1.76. The van der Waals surface area contributed by atoms with Crippen LogP contribution < -0.4 is 5.32 Å². The minimum atomic E-state index is -0.864. The lowest BCUT2D eigenvalue weighted by molar-refractivity contribution is -0.143. The first kappa shape index (κ1) is 17.6. The number of ketones is 1. The number of esters is 1. The predicted octanol–water partition coefficient (Wildman–Crippen LogP) is 2.27. The highest BCUT2D eigenvalue weighted by molar-refractivity contribution is 6.06. The van der Waals surface area contributed by atoms with Crippen molar-refractivity contribution in [3.8, 4) is 0 Å². The van der Waals surface area contributed by atoms with Crippen LogP contribution in [0.4, 0.5) is 0 Å². The molecule has 1 heterocycles. The number of rotatable bonds is 7. The molecule has 0 aliphatic carbocycles. The molecular weight excluding hydrogens is 308 g/mol. The number of nitrogens with zero attached hydrogens (tertiary/aromatic N) is 1. The molecule has 1 N–H and O–H groups in total. The van der Waals surface area contributed by atoms with Crippen molar-refractivity contribution in [1.82, 2.24) is 10.3 Å². The maximum Gasteiger partial charge on any atom is 0.328 e. The number of aromatic nitrogens is 1. The fourth-order valence-electron chi connectivity index (χ4n) is 2.40. The van der Waals surface area contributed by atoms with Crippen LogP contribution in [0.3, 0.4) is 0 Å². The number of hydrogen-bond acceptors (Lipinski definition) is 5. The van der Waals surface area contributed by atoms with Gasteiger partial charge in [0.25, 0.3) is 5.91 Å². The molecule has 1 amide bonds. The van der Waals surface area contributed by atoms with E-state index in [4.69, 9.17) is 4.74 Å². The summed E-state index contributed by atoms with van der Waals surface area (Å²) in [4.78, 5) is 40.2. The maximum atomic E-state index is 12.6. The molecule has 0 spiro atoms. The standard InChI is InChI=1S/C18H20N2O4/c1-3-13(21)9-10-15(18(23)24-2)20-17(22)14-8-4-6-12-7-5-11-19-16(12)14/h4-8,11,15H,3,9-10H2,1-2H3,(H,20,22)/t15-/m1/s1. The molecule has 0 aliphatic rings. The molecule has 1 atom stereocenters. The number of Topliss-reactive ketones (excluding diaryl/α,β-unsaturated/α-hetero) is 1. The van der Waals surface area contributed by atoms with Crippen molar-refractivity contribution in [1.29, 1.82) is 0 Å². The Morgan fingerprint density at radius 2 is 1.96 bits per heavy atom. The molecule has 0 bridgehead atoms. The number of pyridine rings is 1. The van der Waals surface area contributed by atoms with Gasteiger partial charge in [0.05, 0.1) is 18.2 Å². The van der Waals surface area contributed by atoms with Crippen LogP contribution in [0.25, 0.3) is 10.9 Å². The Hall–Kier alpha value is -2.76. The molecule has 126 valence electrons. The third kappa shape index (κ3) is 4.16. The van der Waals surface area contributed by atoms with Crippen molar-refractivity contribution in [3.63, 3.8) is 0 Å². The highest BCUT2D eigenvalue weighted by Crippen LogP contribution is 2.16. The van der Waals surface area contributed by atoms with Crippen LogP contribution in [0.1, 0.15) is 36.5 Å². The van der Waals surface area contributed by atoms with E-state index in [9.17, 15) is 14.4 Å². The maximum absolute atomic E-state index is 12.6. The second-order valence-electron chi connectivity index (χ2n) is 5.36. The monoisotopic (exact) mass is 328 g/mol. The number of nitrogens with one attached hydrogen (secondary N) is 1. The number of carbonyl (C=O) groups is 3. The molecule has 1 aromatic carbocycles. The van der Waals surface area contributed by atoms with Crippen molar-refractivity contribution >= 4 is 28.6 Å². The average Bonchev–Trinajstić information content (AvgIpc) is 2.63. The summed E-state index contributed by atoms with van der Waals surface area (Å²) in [6.07, 6.45) is 2.43. The first-order valence-corrected chi connectivity index (χ1v) is 7.81. The SMILES string of the molecule is CCC(=O)CC[C@@H](NC(=O)c1cccc2cccnc12)C(=O)OC. The summed E-state index contributed by atoms with van der Waals surface area (Å²) in [5, 5.41) is 3.48. The zero-order chi connectivity index (χ0) is 17.5. The van der Waals surface area contributed by atoms with Gasteiger partial charge in [-0.05, 0) is 18.6 Å². The van der Waals surface area contributed by atoms with Gasteiger partial charge in [0, 0.05) is 24.4 Å². The summed E-state index contributed by atoms with van der Waals surface area (Å²) in [5.41, 5.74) is 0.939. The lowest BCUT2D eigenvalue weighted by Gasteiger charge is -2.16. The van der Waals surface area contributed by atoms with Gasteiger partial charge in [-0.15, -0.1) is 0 Å². The van der Waals surface area contributed by atoms with Crippen molar-refractivity contribution < 1.29 is 19.1 Å². The van der Waals surface area contributed by atoms with Crippen LogP contribution in [0.5, 0.6) is 0 Å². The Morgan fingerprint density at radius 3 is 2.67 bits per heavy atom. The zero-order valence-corrected chi connectivity index (χ0v) is 13.7. The Morgan fingerprint density at radius 1 is 1.21 bits per heavy atom. The highest BCUT2D eigenvalue weighted by Gasteiger charge is 2.23. The van der Waals surface area contributed by atoms with E-state index in [2.05, 4.69) is 10.3 Å². The van der Waals surface area contributed by atoms with Crippen molar-refractivity contribution in [2.24, 2.45) is 0 Å². The molecule has 0 unspecified atom stereocenters. The third-order valence-electron chi connectivity index (χ3n) is 3.77. The molecule has 0 saturated heterocycles. The van der Waals surface area contributed by atoms with E-state index in [1.54, 1.807) is 31.3 Å². The van der Waals surface area contributed by atoms with E-state index < -0.39 is 17.9 Å². The molecule has 0 aliphatic heterocycles. The number of benzene rings is 1. The molecule has 0 saturated carbocycles. The Bertz CT molecular complexity index is 752. The lowest BCUT2D eigenvalue weighted by atomic mass is 10.1. The Labute approximate surface area is 140 Å². The normalized spacial score (nSPS) is 11.8. The van der Waals surface area contributed by atoms with Gasteiger partial charge in [0.1, 0.15) is 11.8 Å². The number of para-hydroxylation sites is 1. The van der Waals surface area contributed by atoms with Crippen molar-refractivity contribution in [2.75, 3.05) is 7.11 Å². The predicted molar refractivity (Wildman–Crippen MR) is 89.5 cm³/mol. The van der Waals surface area contributed by atoms with Crippen LogP contribution in [0, 0.1) is 0 Å². The zero-order valence-electron chi connectivity index (χ0n) is 13.7. The van der Waals surface area contributed by atoms with E-state index in [0.29, 0.717) is 17.5 Å². The first-order valence-electron chi connectivity index (χ1n) is 7.81. The number of hydrogen-bond donors (Lipinski definition) is 1. The minimum Gasteiger partial charge on any atom is -0.467 e. The lowest BCUT2D eigenvalue weighted by Crippen LogP contribution is -2.42. The van der Waals surface area contributed by atoms with Gasteiger partial charge < -0.3 is 10.1 Å². The number of fused-ring (bicyclic) bond motifs is 1. The smallest absolute Gasteiger partial charge is 0.328 e. The molecule has 24 heavy (non-hydrogen) atoms. The quantitative estimate of drug-likeness (QED) is 0.788. The van der Waals surface area contributed by atoms with Crippen LogP contribution in [0.2, 0.25) is 0 Å². The van der Waals surface area contributed by atoms with Gasteiger partial charge in [0.2, 0.25) is 0 Å². The van der Waals surface area contributed by atoms with E-state index in [0.717, 1.165) is 5.39 Å². The highest BCUT2D eigenvalue weighted by atomic mass is 16.5. The molecule has 1 aromatic heterocycles. The summed E-state index contributed by atoms with van der Waals surface area (Å²) >= 11 is 0. The molecular formula is C18H20N2O4. The molecule has 2 rings (SSSR count). The summed E-state index contributed by atoms with van der Waals surface area (Å²) in [5.74, 6) is -0.955. The largest absolute Gasteiger partial charge is 0.467 e. The van der Waals surface area contributed by atoms with Crippen molar-refractivity contribution in [2.45, 2.75) is 32.2 Å². The molecule has 6 nitrogen and oxygen atoms in total. The van der Waals surface area contributed by atoms with E-state index in [1.807, 2.05) is 12.1 Å². The van der Waals surface area contributed by atoms with E-state index in [1.165, 1.54) is 7.11 Å². The molecule has 0 radical (unpaired) electrons. The first-order chi connectivity index (χ1) is 11.6. The van der Waals surface area contributed by atoms with Crippen LogP contribution in [0.15, 0.2) is 36.5 Å². The van der Waals surface area contributed by atoms with E-state index in [-0.39, 0.29) is 18.6 Å². The van der Waals surface area contributed by atoms with Gasteiger partial charge in [-0.25, -0.2) is 4.79 Å². The number of carbonyl (C=O) groups excluding carboxylic acids is 3. The average molecular weight is 328 g/mol. The fraction of sp³-hybridized carbons (Fsp3) is 0.333. The van der Waals surface area contributed by atoms with Gasteiger partial charge in [-0.1, -0.05) is 25.1 Å². The third-order valence-corrected chi connectivity index (χ3v) is 3.77. The van der Waals surface area contributed by atoms with E-state index >= 15 is 0 Å². The van der Waals surface area contributed by atoms with Gasteiger partial charge >= 0.3 is 5.97 Å². The summed E-state index contributed by atoms with van der Waals surface area (Å²) < 4.78 is 4.72. The molecule has 2 aromatic rings.